The van der Waals surface area contributed by atoms with Gasteiger partial charge in [-0.15, -0.1) is 0 Å². The van der Waals surface area contributed by atoms with Gasteiger partial charge >= 0.3 is 0 Å². The monoisotopic (exact) mass is 245 g/mol. The number of rotatable bonds is 2. The first-order chi connectivity index (χ1) is 7.44. The lowest BCUT2D eigenvalue weighted by atomic mass is 9.99. The molecular weight excluding hydrogens is 229 g/mol. The van der Waals surface area contributed by atoms with E-state index in [4.69, 9.17) is 17.3 Å². The van der Waals surface area contributed by atoms with Crippen molar-refractivity contribution in [2.24, 2.45) is 5.73 Å². The summed E-state index contributed by atoms with van der Waals surface area (Å²) in [6.45, 7) is 3.93. The van der Waals surface area contributed by atoms with Crippen LogP contribution in [0.4, 0.5) is 4.39 Å². The van der Waals surface area contributed by atoms with E-state index in [2.05, 4.69) is 5.10 Å². The van der Waals surface area contributed by atoms with Crippen LogP contribution < -0.4 is 5.73 Å². The van der Waals surface area contributed by atoms with E-state index >= 15 is 0 Å². The van der Waals surface area contributed by atoms with Crippen molar-refractivity contribution in [2.75, 3.05) is 0 Å². The van der Waals surface area contributed by atoms with Gasteiger partial charge in [0, 0.05) is 18.5 Å². The fourth-order valence-electron chi connectivity index (χ4n) is 2.40. The predicted octanol–water partition coefficient (Wildman–Crippen LogP) is 2.79. The predicted molar refractivity (Wildman–Crippen MR) is 62.2 cm³/mol. The molecule has 0 bridgehead atoms. The Morgan fingerprint density at radius 2 is 2.38 bits per heavy atom. The molecule has 0 radical (unpaired) electrons. The summed E-state index contributed by atoms with van der Waals surface area (Å²) in [5, 5.41) is 4.54. The second-order valence-corrected chi connectivity index (χ2v) is 5.25. The summed E-state index contributed by atoms with van der Waals surface area (Å²) < 4.78 is 16.5. The highest BCUT2D eigenvalue weighted by atomic mass is 35.5. The SMILES string of the molecule is CC(C)n1ncc(Cl)c1C1(F)CCC(N)C1. The van der Waals surface area contributed by atoms with Crippen LogP contribution >= 0.6 is 11.6 Å². The molecule has 0 aliphatic heterocycles. The highest BCUT2D eigenvalue weighted by Crippen LogP contribution is 2.45. The molecule has 1 aliphatic carbocycles. The molecule has 3 nitrogen and oxygen atoms in total. The van der Waals surface area contributed by atoms with Gasteiger partial charge in [0.1, 0.15) is 0 Å². The summed E-state index contributed by atoms with van der Waals surface area (Å²) >= 11 is 6.04. The molecule has 5 heteroatoms. The Labute approximate surface area is 99.8 Å². The van der Waals surface area contributed by atoms with Crippen LogP contribution in [0.3, 0.4) is 0 Å². The number of hydrogen-bond acceptors (Lipinski definition) is 2. The van der Waals surface area contributed by atoms with Gasteiger partial charge in [0.15, 0.2) is 5.67 Å². The first-order valence-electron chi connectivity index (χ1n) is 5.62. The van der Waals surface area contributed by atoms with Gasteiger partial charge in [-0.1, -0.05) is 11.6 Å². The van der Waals surface area contributed by atoms with E-state index in [0.717, 1.165) is 0 Å². The third-order valence-electron chi connectivity index (χ3n) is 3.16. The molecule has 2 N–H and O–H groups in total. The maximum Gasteiger partial charge on any atom is 0.155 e. The van der Waals surface area contributed by atoms with Crippen LogP contribution in [0.1, 0.15) is 44.8 Å². The molecule has 1 fully saturated rings. The molecule has 0 amide bonds. The van der Waals surface area contributed by atoms with Crippen LogP contribution in [-0.2, 0) is 5.67 Å². The van der Waals surface area contributed by atoms with E-state index in [1.807, 2.05) is 13.8 Å². The summed E-state index contributed by atoms with van der Waals surface area (Å²) in [4.78, 5) is 0. The Kier molecular flexibility index (Phi) is 2.97. The molecular formula is C11H17ClFN3. The molecule has 16 heavy (non-hydrogen) atoms. The van der Waals surface area contributed by atoms with Crippen LogP contribution in [0.2, 0.25) is 5.02 Å². The molecule has 1 aliphatic rings. The topological polar surface area (TPSA) is 43.8 Å². The van der Waals surface area contributed by atoms with Gasteiger partial charge < -0.3 is 5.73 Å². The Balaban J connectivity index is 2.43. The normalized spacial score (nSPS) is 30.2. The highest BCUT2D eigenvalue weighted by molar-refractivity contribution is 6.31. The van der Waals surface area contributed by atoms with Gasteiger partial charge in [-0.05, 0) is 26.7 Å². The van der Waals surface area contributed by atoms with Gasteiger partial charge in [-0.2, -0.15) is 5.10 Å². The number of nitrogens with zero attached hydrogens (tertiary/aromatic N) is 2. The van der Waals surface area contributed by atoms with Crippen molar-refractivity contribution < 1.29 is 4.39 Å². The van der Waals surface area contributed by atoms with Crippen LogP contribution in [0.15, 0.2) is 6.20 Å². The van der Waals surface area contributed by atoms with Gasteiger partial charge in [0.05, 0.1) is 16.9 Å². The minimum Gasteiger partial charge on any atom is -0.328 e. The van der Waals surface area contributed by atoms with E-state index < -0.39 is 5.67 Å². The standard InChI is InChI=1S/C11H17ClFN3/c1-7(2)16-10(9(12)6-15-16)11(13)4-3-8(14)5-11/h6-8H,3-5,14H2,1-2H3. The summed E-state index contributed by atoms with van der Waals surface area (Å²) in [6.07, 6.45) is 3.00. The van der Waals surface area contributed by atoms with E-state index in [1.54, 1.807) is 4.68 Å². The number of alkyl halides is 1. The van der Waals surface area contributed by atoms with E-state index in [-0.39, 0.29) is 12.1 Å². The molecule has 90 valence electrons. The van der Waals surface area contributed by atoms with E-state index in [9.17, 15) is 4.39 Å². The quantitative estimate of drug-likeness (QED) is 0.871. The lowest BCUT2D eigenvalue weighted by molar-refractivity contribution is 0.154. The number of nitrogens with two attached hydrogens (primary N) is 1. The highest BCUT2D eigenvalue weighted by Gasteiger charge is 2.43. The van der Waals surface area contributed by atoms with Crippen LogP contribution in [0.25, 0.3) is 0 Å². The molecule has 1 heterocycles. The Morgan fingerprint density at radius 3 is 2.88 bits per heavy atom. The van der Waals surface area contributed by atoms with Crippen LogP contribution in [0, 0.1) is 0 Å². The lowest BCUT2D eigenvalue weighted by Crippen LogP contribution is -2.25. The minimum atomic E-state index is -1.41. The van der Waals surface area contributed by atoms with Crippen LogP contribution in [-0.4, -0.2) is 15.8 Å². The van der Waals surface area contributed by atoms with Gasteiger partial charge in [-0.3, -0.25) is 4.68 Å². The number of hydrogen-bond donors (Lipinski definition) is 1. The van der Waals surface area contributed by atoms with Crippen molar-refractivity contribution >= 4 is 11.6 Å². The smallest absolute Gasteiger partial charge is 0.155 e. The molecule has 0 saturated heterocycles. The summed E-state index contributed by atoms with van der Waals surface area (Å²) in [7, 11) is 0. The van der Waals surface area contributed by atoms with E-state index in [0.29, 0.717) is 30.0 Å². The second-order valence-electron chi connectivity index (χ2n) is 4.85. The largest absolute Gasteiger partial charge is 0.328 e. The summed E-state index contributed by atoms with van der Waals surface area (Å²) in [5.74, 6) is 0. The average molecular weight is 246 g/mol. The van der Waals surface area contributed by atoms with Crippen LogP contribution in [0.5, 0.6) is 0 Å². The van der Waals surface area contributed by atoms with Crippen molar-refractivity contribution in [1.29, 1.82) is 0 Å². The van der Waals surface area contributed by atoms with Crippen molar-refractivity contribution in [1.82, 2.24) is 9.78 Å². The molecule has 1 aromatic rings. The molecule has 2 rings (SSSR count). The summed E-state index contributed by atoms with van der Waals surface area (Å²) in [6, 6.07) is 0.0310. The average Bonchev–Trinajstić information content (AvgIpc) is 2.71. The fraction of sp³-hybridized carbons (Fsp3) is 0.727. The zero-order valence-corrected chi connectivity index (χ0v) is 10.3. The first kappa shape index (κ1) is 11.9. The Bertz CT molecular complexity index is 391. The lowest BCUT2D eigenvalue weighted by Gasteiger charge is -2.23. The second kappa shape index (κ2) is 4.00. The molecule has 2 unspecified atom stereocenters. The number of halogens is 2. The van der Waals surface area contributed by atoms with Crippen molar-refractivity contribution in [3.05, 3.63) is 16.9 Å². The minimum absolute atomic E-state index is 0.0726. The van der Waals surface area contributed by atoms with Crippen molar-refractivity contribution in [3.8, 4) is 0 Å². The third kappa shape index (κ3) is 1.84. The maximum atomic E-state index is 14.8. The fourth-order valence-corrected chi connectivity index (χ4v) is 2.70. The summed E-state index contributed by atoms with van der Waals surface area (Å²) in [5.41, 5.74) is 4.87. The van der Waals surface area contributed by atoms with Crippen molar-refractivity contribution in [3.63, 3.8) is 0 Å². The van der Waals surface area contributed by atoms with Gasteiger partial charge in [-0.25, -0.2) is 4.39 Å². The van der Waals surface area contributed by atoms with Crippen molar-refractivity contribution in [2.45, 2.75) is 50.9 Å². The Morgan fingerprint density at radius 1 is 1.69 bits per heavy atom. The zero-order valence-electron chi connectivity index (χ0n) is 9.58. The first-order valence-corrected chi connectivity index (χ1v) is 6.00. The zero-order chi connectivity index (χ0) is 11.9. The molecule has 2 atom stereocenters. The van der Waals surface area contributed by atoms with Gasteiger partial charge in [0.25, 0.3) is 0 Å². The number of aromatic nitrogens is 2. The van der Waals surface area contributed by atoms with Gasteiger partial charge in [0.2, 0.25) is 0 Å². The Hall–Kier alpha value is -0.610. The molecule has 1 saturated carbocycles. The van der Waals surface area contributed by atoms with E-state index in [1.165, 1.54) is 6.20 Å². The molecule has 1 aromatic heterocycles. The maximum absolute atomic E-state index is 14.8. The third-order valence-corrected chi connectivity index (χ3v) is 3.44. The molecule has 0 aromatic carbocycles. The molecule has 0 spiro atoms.